The second-order valence-electron chi connectivity index (χ2n) is 5.34. The zero-order chi connectivity index (χ0) is 11.2. The summed E-state index contributed by atoms with van der Waals surface area (Å²) in [6.45, 7) is 3.50. The van der Waals surface area contributed by atoms with Gasteiger partial charge in [0, 0.05) is 18.9 Å². The summed E-state index contributed by atoms with van der Waals surface area (Å²) in [5.41, 5.74) is 14.6. The highest BCUT2D eigenvalue weighted by atomic mass is 15.4. The Balaban J connectivity index is 2.02. The summed E-state index contributed by atoms with van der Waals surface area (Å²) < 4.78 is 1.02. The van der Waals surface area contributed by atoms with Gasteiger partial charge >= 0.3 is 0 Å². The summed E-state index contributed by atoms with van der Waals surface area (Å²) in [6, 6.07) is 8.64. The van der Waals surface area contributed by atoms with E-state index in [0.29, 0.717) is 6.04 Å². The summed E-state index contributed by atoms with van der Waals surface area (Å²) in [5.74, 6) is 0.755. The monoisotopic (exact) mass is 218 g/mol. The first kappa shape index (κ1) is 10.1. The molecule has 1 aromatic rings. The first-order valence-electron chi connectivity index (χ1n) is 6.18. The Morgan fingerprint density at radius 1 is 1.12 bits per heavy atom. The predicted octanol–water partition coefficient (Wildman–Crippen LogP) is 1.33. The van der Waals surface area contributed by atoms with Crippen LogP contribution in [0.15, 0.2) is 24.3 Å². The van der Waals surface area contributed by atoms with E-state index in [-0.39, 0.29) is 0 Å². The largest absolute Gasteiger partial charge is 0.394 e. The molecule has 3 fully saturated rings. The van der Waals surface area contributed by atoms with E-state index in [1.54, 1.807) is 0 Å². The predicted molar refractivity (Wildman–Crippen MR) is 67.9 cm³/mol. The van der Waals surface area contributed by atoms with Crippen molar-refractivity contribution in [2.75, 3.05) is 25.4 Å². The van der Waals surface area contributed by atoms with Crippen LogP contribution in [0.3, 0.4) is 0 Å². The maximum Gasteiger partial charge on any atom is 0.156 e. The second-order valence-corrected chi connectivity index (χ2v) is 5.34. The highest BCUT2D eigenvalue weighted by Gasteiger charge is 2.46. The molecule has 0 aliphatic carbocycles. The van der Waals surface area contributed by atoms with Crippen LogP contribution in [-0.4, -0.2) is 25.7 Å². The molecular formula is C13H20N3+. The van der Waals surface area contributed by atoms with E-state index in [2.05, 4.69) is 12.1 Å². The molecule has 3 aliphatic heterocycles. The number of piperidine rings is 3. The summed E-state index contributed by atoms with van der Waals surface area (Å²) in [4.78, 5) is 0. The third-order valence-corrected chi connectivity index (χ3v) is 4.47. The minimum absolute atomic E-state index is 0.363. The van der Waals surface area contributed by atoms with Crippen LogP contribution in [0.5, 0.6) is 0 Å². The minimum atomic E-state index is 0.363. The Labute approximate surface area is 96.6 Å². The average Bonchev–Trinajstić information content (AvgIpc) is 2.30. The molecule has 3 heteroatoms. The summed E-state index contributed by atoms with van der Waals surface area (Å²) in [7, 11) is 0. The van der Waals surface area contributed by atoms with Crippen LogP contribution in [0.4, 0.5) is 11.4 Å². The molecule has 1 unspecified atom stereocenters. The van der Waals surface area contributed by atoms with E-state index >= 15 is 0 Å². The SMILES string of the molecule is Nc1ccccc1[N+]12CCC(CC1)C(N)C2. The molecule has 86 valence electrons. The van der Waals surface area contributed by atoms with Gasteiger partial charge in [-0.1, -0.05) is 12.1 Å². The van der Waals surface area contributed by atoms with Crippen molar-refractivity contribution < 1.29 is 0 Å². The Morgan fingerprint density at radius 2 is 1.81 bits per heavy atom. The molecule has 3 saturated heterocycles. The van der Waals surface area contributed by atoms with Crippen molar-refractivity contribution in [3.8, 4) is 0 Å². The van der Waals surface area contributed by atoms with Gasteiger partial charge in [-0.25, -0.2) is 0 Å². The zero-order valence-corrected chi connectivity index (χ0v) is 9.60. The van der Waals surface area contributed by atoms with E-state index in [1.807, 2.05) is 12.1 Å². The van der Waals surface area contributed by atoms with Crippen molar-refractivity contribution in [1.82, 2.24) is 4.48 Å². The van der Waals surface area contributed by atoms with Crippen molar-refractivity contribution in [2.45, 2.75) is 18.9 Å². The third kappa shape index (κ3) is 1.35. The number of rotatable bonds is 1. The van der Waals surface area contributed by atoms with Crippen LogP contribution < -0.4 is 16.0 Å². The van der Waals surface area contributed by atoms with Crippen molar-refractivity contribution in [3.63, 3.8) is 0 Å². The number of benzene rings is 1. The van der Waals surface area contributed by atoms with Gasteiger partial charge in [-0.3, -0.25) is 4.48 Å². The number of hydrogen-bond donors (Lipinski definition) is 2. The van der Waals surface area contributed by atoms with Crippen LogP contribution in [0.1, 0.15) is 12.8 Å². The first-order chi connectivity index (χ1) is 7.71. The lowest BCUT2D eigenvalue weighted by Crippen LogP contribution is -2.67. The number of nitrogen functional groups attached to an aromatic ring is 1. The zero-order valence-electron chi connectivity index (χ0n) is 9.60. The lowest BCUT2D eigenvalue weighted by Gasteiger charge is -2.51. The molecule has 16 heavy (non-hydrogen) atoms. The Bertz CT molecular complexity index is 394. The van der Waals surface area contributed by atoms with Crippen LogP contribution in [0, 0.1) is 5.92 Å². The van der Waals surface area contributed by atoms with Crippen LogP contribution >= 0.6 is 0 Å². The molecule has 0 spiro atoms. The fourth-order valence-corrected chi connectivity index (χ4v) is 3.50. The molecular weight excluding hydrogens is 198 g/mol. The molecule has 1 atom stereocenters. The van der Waals surface area contributed by atoms with Crippen molar-refractivity contribution in [3.05, 3.63) is 24.3 Å². The lowest BCUT2D eigenvalue weighted by atomic mass is 9.81. The molecule has 2 bridgehead atoms. The maximum atomic E-state index is 6.24. The van der Waals surface area contributed by atoms with E-state index in [9.17, 15) is 0 Å². The average molecular weight is 218 g/mol. The molecule has 0 aromatic heterocycles. The highest BCUT2D eigenvalue weighted by molar-refractivity contribution is 5.65. The number of fused-ring (bicyclic) bond motifs is 3. The van der Waals surface area contributed by atoms with E-state index in [1.165, 1.54) is 31.6 Å². The van der Waals surface area contributed by atoms with Gasteiger partial charge in [0.1, 0.15) is 0 Å². The van der Waals surface area contributed by atoms with Gasteiger partial charge in [0.05, 0.1) is 31.4 Å². The third-order valence-electron chi connectivity index (χ3n) is 4.47. The Morgan fingerprint density at radius 3 is 2.44 bits per heavy atom. The van der Waals surface area contributed by atoms with Crippen LogP contribution in [0.25, 0.3) is 0 Å². The molecule has 0 amide bonds. The molecule has 3 aliphatic rings. The molecule has 0 radical (unpaired) electrons. The molecule has 4 N–H and O–H groups in total. The van der Waals surface area contributed by atoms with Crippen LogP contribution in [-0.2, 0) is 0 Å². The normalized spacial score (nSPS) is 37.6. The fraction of sp³-hybridized carbons (Fsp3) is 0.538. The van der Waals surface area contributed by atoms with Crippen molar-refractivity contribution in [2.24, 2.45) is 11.7 Å². The summed E-state index contributed by atoms with van der Waals surface area (Å²) in [5, 5.41) is 0. The molecule has 4 rings (SSSR count). The van der Waals surface area contributed by atoms with Crippen LogP contribution in [0.2, 0.25) is 0 Å². The van der Waals surface area contributed by atoms with Gasteiger partial charge in [0.15, 0.2) is 5.69 Å². The highest BCUT2D eigenvalue weighted by Crippen LogP contribution is 2.40. The smallest absolute Gasteiger partial charge is 0.156 e. The molecule has 1 aromatic carbocycles. The van der Waals surface area contributed by atoms with Gasteiger partial charge in [-0.15, -0.1) is 0 Å². The van der Waals surface area contributed by atoms with E-state index < -0.39 is 0 Å². The Kier molecular flexibility index (Phi) is 2.19. The van der Waals surface area contributed by atoms with E-state index in [0.717, 1.165) is 22.6 Å². The standard InChI is InChI=1S/C13H20N3/c14-11-3-1-2-4-13(11)16-7-5-10(6-8-16)12(15)9-16/h1-4,10,12H,5-9,14-15H2/q+1. The molecule has 0 saturated carbocycles. The number of para-hydroxylation sites is 2. The number of quaternary nitrogens is 1. The number of anilines is 1. The summed E-state index contributed by atoms with van der Waals surface area (Å²) in [6.07, 6.45) is 2.52. The number of nitrogens with two attached hydrogens (primary N) is 2. The van der Waals surface area contributed by atoms with Crippen molar-refractivity contribution >= 4 is 11.4 Å². The second kappa shape index (κ2) is 3.47. The van der Waals surface area contributed by atoms with Gasteiger partial charge < -0.3 is 11.5 Å². The van der Waals surface area contributed by atoms with Crippen molar-refractivity contribution in [1.29, 1.82) is 0 Å². The van der Waals surface area contributed by atoms with E-state index in [4.69, 9.17) is 11.5 Å². The maximum absolute atomic E-state index is 6.24. The number of hydrogen-bond acceptors (Lipinski definition) is 2. The minimum Gasteiger partial charge on any atom is -0.394 e. The topological polar surface area (TPSA) is 52.0 Å². The molecule has 3 nitrogen and oxygen atoms in total. The van der Waals surface area contributed by atoms with Gasteiger partial charge in [0.2, 0.25) is 0 Å². The first-order valence-corrected chi connectivity index (χ1v) is 6.18. The fourth-order valence-electron chi connectivity index (χ4n) is 3.50. The summed E-state index contributed by atoms with van der Waals surface area (Å²) >= 11 is 0. The number of nitrogens with zero attached hydrogens (tertiary/aromatic N) is 1. The van der Waals surface area contributed by atoms with Gasteiger partial charge in [-0.2, -0.15) is 0 Å². The Hall–Kier alpha value is -1.06. The molecule has 3 heterocycles. The quantitative estimate of drug-likeness (QED) is 0.552. The van der Waals surface area contributed by atoms with Gasteiger partial charge in [-0.05, 0) is 12.0 Å². The lowest BCUT2D eigenvalue weighted by molar-refractivity contribution is 0.0937. The van der Waals surface area contributed by atoms with Gasteiger partial charge in [0.25, 0.3) is 0 Å².